The molecule has 1 saturated carbocycles. The first-order valence-electron chi connectivity index (χ1n) is 8.10. The predicted octanol–water partition coefficient (Wildman–Crippen LogP) is 1.88. The number of hydrogen-bond donors (Lipinski definition) is 1. The van der Waals surface area contributed by atoms with E-state index in [2.05, 4.69) is 27.6 Å². The van der Waals surface area contributed by atoms with Crippen LogP contribution in [0.1, 0.15) is 35.7 Å². The molecule has 1 unspecified atom stereocenters. The molecule has 1 N–H and O–H groups in total. The van der Waals surface area contributed by atoms with Gasteiger partial charge < -0.3 is 9.64 Å². The molecule has 3 aliphatic rings. The highest BCUT2D eigenvalue weighted by Gasteiger charge is 2.41. The molecular weight excluding hydrogens is 396 g/mol. The number of nitrogens with one attached hydrogen (secondary N) is 1. The smallest absolute Gasteiger partial charge is 0.256 e. The van der Waals surface area contributed by atoms with E-state index in [0.29, 0.717) is 35.7 Å². The van der Waals surface area contributed by atoms with E-state index in [4.69, 9.17) is 4.74 Å². The molecule has 0 aromatic heterocycles. The Hall–Kier alpha value is -0.960. The third-order valence-corrected chi connectivity index (χ3v) is 7.01. The maximum atomic E-state index is 12.9. The van der Waals surface area contributed by atoms with E-state index >= 15 is 0 Å². The van der Waals surface area contributed by atoms with Crippen molar-refractivity contribution in [2.45, 2.75) is 43.3 Å². The van der Waals surface area contributed by atoms with Crippen LogP contribution in [0.2, 0.25) is 0 Å². The van der Waals surface area contributed by atoms with Crippen LogP contribution in [0.15, 0.2) is 21.5 Å². The van der Waals surface area contributed by atoms with Gasteiger partial charge in [-0.15, -0.1) is 0 Å². The van der Waals surface area contributed by atoms with Gasteiger partial charge in [0.05, 0.1) is 29.7 Å². The Morgan fingerprint density at radius 2 is 2.04 bits per heavy atom. The molecule has 0 bridgehead atoms. The number of rotatable bonds is 5. The minimum atomic E-state index is -3.76. The van der Waals surface area contributed by atoms with Crippen LogP contribution in [-0.4, -0.2) is 44.5 Å². The van der Waals surface area contributed by atoms with E-state index in [9.17, 15) is 13.2 Å². The Bertz CT molecular complexity index is 803. The van der Waals surface area contributed by atoms with E-state index < -0.39 is 10.0 Å². The van der Waals surface area contributed by atoms with Crippen LogP contribution < -0.4 is 4.72 Å². The van der Waals surface area contributed by atoms with Gasteiger partial charge in [-0.3, -0.25) is 4.79 Å². The topological polar surface area (TPSA) is 75.7 Å². The molecule has 2 fully saturated rings. The Balaban J connectivity index is 1.71. The Kier molecular flexibility index (Phi) is 3.98. The number of sulfonamides is 1. The molecule has 1 aliphatic carbocycles. The third-order valence-electron chi connectivity index (χ3n) is 5.01. The van der Waals surface area contributed by atoms with Crippen molar-refractivity contribution in [1.29, 1.82) is 0 Å². The van der Waals surface area contributed by atoms with Crippen LogP contribution >= 0.6 is 15.9 Å². The van der Waals surface area contributed by atoms with E-state index in [1.165, 1.54) is 6.07 Å². The summed E-state index contributed by atoms with van der Waals surface area (Å²) in [6.07, 6.45) is 2.28. The van der Waals surface area contributed by atoms with Crippen molar-refractivity contribution < 1.29 is 17.9 Å². The van der Waals surface area contributed by atoms with Crippen molar-refractivity contribution in [3.05, 3.63) is 27.7 Å². The maximum absolute atomic E-state index is 12.9. The van der Waals surface area contributed by atoms with Crippen molar-refractivity contribution in [1.82, 2.24) is 9.62 Å². The lowest BCUT2D eigenvalue weighted by Crippen LogP contribution is -2.48. The molecule has 24 heavy (non-hydrogen) atoms. The molecule has 1 atom stereocenters. The summed E-state index contributed by atoms with van der Waals surface area (Å²) in [5, 5.41) is 0. The molecule has 1 amide bonds. The average Bonchev–Trinajstić information content (AvgIpc) is 3.27. The molecule has 1 aromatic carbocycles. The zero-order chi connectivity index (χ0) is 17.1. The van der Waals surface area contributed by atoms with Crippen LogP contribution in [0.5, 0.6) is 0 Å². The largest absolute Gasteiger partial charge is 0.378 e. The number of benzene rings is 1. The number of nitrogens with zero attached hydrogens (tertiary/aromatic N) is 1. The second kappa shape index (κ2) is 5.79. The first kappa shape index (κ1) is 16.5. The zero-order valence-electron chi connectivity index (χ0n) is 13.3. The zero-order valence-corrected chi connectivity index (χ0v) is 15.7. The highest BCUT2D eigenvalue weighted by molar-refractivity contribution is 9.10. The van der Waals surface area contributed by atoms with Gasteiger partial charge in [-0.05, 0) is 43.4 Å². The summed E-state index contributed by atoms with van der Waals surface area (Å²) in [5.41, 5.74) is 1.09. The lowest BCUT2D eigenvalue weighted by Gasteiger charge is -2.27. The van der Waals surface area contributed by atoms with Crippen molar-refractivity contribution in [2.24, 2.45) is 5.92 Å². The lowest BCUT2D eigenvalue weighted by molar-refractivity contribution is 0.00481. The number of halogens is 1. The molecule has 2 heterocycles. The predicted molar refractivity (Wildman–Crippen MR) is 91.1 cm³/mol. The van der Waals surface area contributed by atoms with Gasteiger partial charge in [-0.2, -0.15) is 0 Å². The summed E-state index contributed by atoms with van der Waals surface area (Å²) in [6.45, 7) is 3.26. The molecular formula is C16H19BrN2O4S. The molecule has 4 rings (SSSR count). The maximum Gasteiger partial charge on any atom is 0.256 e. The van der Waals surface area contributed by atoms with E-state index in [0.717, 1.165) is 18.4 Å². The van der Waals surface area contributed by atoms with E-state index in [1.807, 2.05) is 6.07 Å². The highest BCUT2D eigenvalue weighted by atomic mass is 79.9. The summed E-state index contributed by atoms with van der Waals surface area (Å²) in [5.74, 6) is 0.360. The van der Waals surface area contributed by atoms with Gasteiger partial charge in [-0.25, -0.2) is 13.1 Å². The number of fused-ring (bicyclic) bond motifs is 1. The van der Waals surface area contributed by atoms with Crippen LogP contribution in [0.3, 0.4) is 0 Å². The summed E-state index contributed by atoms with van der Waals surface area (Å²) in [6, 6.07) is 3.29. The molecule has 6 nitrogen and oxygen atoms in total. The standard InChI is InChI=1S/C16H19BrN2O4S/c1-9(10-2-3-10)19-6-11-4-12(17)5-14(15(11)16(19)20)24(21,22)18-13-7-23-8-13/h4-5,9-10,13,18H,2-3,6-8H2,1H3. The fourth-order valence-corrected chi connectivity index (χ4v) is 5.49. The first-order chi connectivity index (χ1) is 11.4. The number of carbonyl (C=O) groups excluding carboxylic acids is 1. The molecule has 2 aliphatic heterocycles. The Labute approximate surface area is 149 Å². The Morgan fingerprint density at radius 1 is 1.33 bits per heavy atom. The van der Waals surface area contributed by atoms with Crippen molar-refractivity contribution in [2.75, 3.05) is 13.2 Å². The quantitative estimate of drug-likeness (QED) is 0.797. The second-order valence-corrected chi connectivity index (χ2v) is 9.40. The van der Waals surface area contributed by atoms with Crippen LogP contribution in [0.4, 0.5) is 0 Å². The third kappa shape index (κ3) is 2.79. The van der Waals surface area contributed by atoms with Crippen LogP contribution in [0.25, 0.3) is 0 Å². The van der Waals surface area contributed by atoms with Gasteiger partial charge in [-0.1, -0.05) is 15.9 Å². The average molecular weight is 415 g/mol. The molecule has 0 spiro atoms. The fourth-order valence-electron chi connectivity index (χ4n) is 3.36. The molecule has 1 aromatic rings. The molecule has 0 radical (unpaired) electrons. The summed E-state index contributed by atoms with van der Waals surface area (Å²) in [4.78, 5) is 14.8. The number of ether oxygens (including phenoxy) is 1. The van der Waals surface area contributed by atoms with Gasteiger partial charge in [0, 0.05) is 17.1 Å². The van der Waals surface area contributed by atoms with Crippen molar-refractivity contribution in [3.8, 4) is 0 Å². The number of hydrogen-bond acceptors (Lipinski definition) is 4. The van der Waals surface area contributed by atoms with Gasteiger partial charge in [0.2, 0.25) is 10.0 Å². The van der Waals surface area contributed by atoms with Gasteiger partial charge >= 0.3 is 0 Å². The summed E-state index contributed by atoms with van der Waals surface area (Å²) < 4.78 is 33.8. The minimum absolute atomic E-state index is 0.0641. The van der Waals surface area contributed by atoms with Gasteiger partial charge in [0.15, 0.2) is 0 Å². The van der Waals surface area contributed by atoms with Gasteiger partial charge in [0.1, 0.15) is 0 Å². The van der Waals surface area contributed by atoms with E-state index in [1.54, 1.807) is 4.90 Å². The minimum Gasteiger partial charge on any atom is -0.378 e. The van der Waals surface area contributed by atoms with Crippen LogP contribution in [-0.2, 0) is 21.3 Å². The SMILES string of the molecule is CC(C1CC1)N1Cc2cc(Br)cc(S(=O)(=O)NC3COC3)c2C1=O. The van der Waals surface area contributed by atoms with Crippen LogP contribution in [0, 0.1) is 5.92 Å². The Morgan fingerprint density at radius 3 is 2.62 bits per heavy atom. The molecule has 130 valence electrons. The fraction of sp³-hybridized carbons (Fsp3) is 0.562. The monoisotopic (exact) mass is 414 g/mol. The second-order valence-electron chi connectivity index (χ2n) is 6.80. The van der Waals surface area contributed by atoms with E-state index in [-0.39, 0.29) is 22.9 Å². The van der Waals surface area contributed by atoms with Crippen molar-refractivity contribution >= 4 is 31.9 Å². The normalized spacial score (nSPS) is 22.4. The van der Waals surface area contributed by atoms with Gasteiger partial charge in [0.25, 0.3) is 5.91 Å². The molecule has 1 saturated heterocycles. The number of amides is 1. The summed E-state index contributed by atoms with van der Waals surface area (Å²) in [7, 11) is -3.76. The summed E-state index contributed by atoms with van der Waals surface area (Å²) >= 11 is 3.38. The van der Waals surface area contributed by atoms with Crippen molar-refractivity contribution in [3.63, 3.8) is 0 Å². The number of carbonyl (C=O) groups is 1. The molecule has 8 heteroatoms. The lowest BCUT2D eigenvalue weighted by atomic mass is 10.1. The first-order valence-corrected chi connectivity index (χ1v) is 10.4. The highest BCUT2D eigenvalue weighted by Crippen LogP contribution is 2.40.